The van der Waals surface area contributed by atoms with Gasteiger partial charge in [-0.05, 0) is 37.6 Å². The minimum Gasteiger partial charge on any atom is -0.368 e. The third-order valence-corrected chi connectivity index (χ3v) is 3.54. The van der Waals surface area contributed by atoms with Gasteiger partial charge in [-0.25, -0.2) is 0 Å². The molecule has 1 saturated heterocycles. The maximum absolute atomic E-state index is 11.7. The standard InChI is InChI=1S/C14H19ClN2O2/c15-13-4-2-1-3-11(13)9-17-14(18)10-19-12-5-7-16-8-6-12/h1-4,12,16H,5-10H2,(H,17,18). The normalized spacial score (nSPS) is 16.3. The van der Waals surface area contributed by atoms with E-state index in [1.165, 1.54) is 0 Å². The van der Waals surface area contributed by atoms with Gasteiger partial charge in [0.05, 0.1) is 6.10 Å². The summed E-state index contributed by atoms with van der Waals surface area (Å²) < 4.78 is 5.58. The molecule has 104 valence electrons. The Hall–Kier alpha value is -1.10. The number of hydrogen-bond acceptors (Lipinski definition) is 3. The summed E-state index contributed by atoms with van der Waals surface area (Å²) in [5, 5.41) is 6.74. The number of carbonyl (C=O) groups excluding carboxylic acids is 1. The first-order valence-electron chi connectivity index (χ1n) is 6.58. The van der Waals surface area contributed by atoms with Crippen molar-refractivity contribution >= 4 is 17.5 Å². The molecule has 0 atom stereocenters. The van der Waals surface area contributed by atoms with Crippen LogP contribution in [0.4, 0.5) is 0 Å². The third-order valence-electron chi connectivity index (χ3n) is 3.17. The number of piperidine rings is 1. The smallest absolute Gasteiger partial charge is 0.246 e. The van der Waals surface area contributed by atoms with Crippen LogP contribution in [0.3, 0.4) is 0 Å². The number of ether oxygens (including phenoxy) is 1. The first kappa shape index (κ1) is 14.3. The van der Waals surface area contributed by atoms with E-state index in [0.29, 0.717) is 11.6 Å². The summed E-state index contributed by atoms with van der Waals surface area (Å²) >= 11 is 6.02. The number of nitrogens with one attached hydrogen (secondary N) is 2. The van der Waals surface area contributed by atoms with Crippen LogP contribution >= 0.6 is 11.6 Å². The van der Waals surface area contributed by atoms with Gasteiger partial charge in [-0.1, -0.05) is 29.8 Å². The molecule has 1 heterocycles. The van der Waals surface area contributed by atoms with E-state index in [9.17, 15) is 4.79 Å². The Bertz CT molecular complexity index is 420. The molecule has 0 radical (unpaired) electrons. The van der Waals surface area contributed by atoms with E-state index < -0.39 is 0 Å². The van der Waals surface area contributed by atoms with E-state index in [0.717, 1.165) is 31.5 Å². The van der Waals surface area contributed by atoms with E-state index in [1.54, 1.807) is 0 Å². The highest BCUT2D eigenvalue weighted by atomic mass is 35.5. The Labute approximate surface area is 118 Å². The first-order valence-corrected chi connectivity index (χ1v) is 6.96. The van der Waals surface area contributed by atoms with E-state index in [1.807, 2.05) is 24.3 Å². The van der Waals surface area contributed by atoms with Crippen LogP contribution in [0.1, 0.15) is 18.4 Å². The Morgan fingerprint density at radius 2 is 2.11 bits per heavy atom. The number of benzene rings is 1. The number of halogens is 1. The van der Waals surface area contributed by atoms with Crippen molar-refractivity contribution < 1.29 is 9.53 Å². The van der Waals surface area contributed by atoms with Gasteiger partial charge < -0.3 is 15.4 Å². The number of rotatable bonds is 5. The molecule has 1 aliphatic heterocycles. The van der Waals surface area contributed by atoms with Gasteiger partial charge in [0.1, 0.15) is 6.61 Å². The van der Waals surface area contributed by atoms with Crippen molar-refractivity contribution in [2.24, 2.45) is 0 Å². The quantitative estimate of drug-likeness (QED) is 0.865. The molecule has 0 bridgehead atoms. The average molecular weight is 283 g/mol. The molecule has 1 amide bonds. The fraction of sp³-hybridized carbons (Fsp3) is 0.500. The maximum atomic E-state index is 11.7. The molecule has 2 N–H and O–H groups in total. The van der Waals surface area contributed by atoms with Crippen LogP contribution in [0.25, 0.3) is 0 Å². The fourth-order valence-corrected chi connectivity index (χ4v) is 2.24. The molecular formula is C14H19ClN2O2. The molecule has 0 aromatic heterocycles. The van der Waals surface area contributed by atoms with Crippen LogP contribution in [0.15, 0.2) is 24.3 Å². The molecule has 5 heteroatoms. The third kappa shape index (κ3) is 4.82. The highest BCUT2D eigenvalue weighted by Crippen LogP contribution is 2.14. The second-order valence-corrected chi connectivity index (χ2v) is 5.04. The Morgan fingerprint density at radius 1 is 1.37 bits per heavy atom. The molecule has 2 rings (SSSR count). The summed E-state index contributed by atoms with van der Waals surface area (Å²) in [6.07, 6.45) is 2.14. The summed E-state index contributed by atoms with van der Waals surface area (Å²) in [4.78, 5) is 11.7. The number of carbonyl (C=O) groups is 1. The van der Waals surface area contributed by atoms with Gasteiger partial charge in [0, 0.05) is 11.6 Å². The van der Waals surface area contributed by atoms with E-state index in [4.69, 9.17) is 16.3 Å². The number of amides is 1. The summed E-state index contributed by atoms with van der Waals surface area (Å²) in [6, 6.07) is 7.48. The fourth-order valence-electron chi connectivity index (χ4n) is 2.04. The molecular weight excluding hydrogens is 264 g/mol. The molecule has 4 nitrogen and oxygen atoms in total. The van der Waals surface area contributed by atoms with Crippen molar-refractivity contribution in [1.82, 2.24) is 10.6 Å². The highest BCUT2D eigenvalue weighted by Gasteiger charge is 2.14. The average Bonchev–Trinajstić information content (AvgIpc) is 2.45. The zero-order valence-corrected chi connectivity index (χ0v) is 11.6. The van der Waals surface area contributed by atoms with E-state index >= 15 is 0 Å². The Kier molecular flexibility index (Phi) is 5.63. The maximum Gasteiger partial charge on any atom is 0.246 e. The second kappa shape index (κ2) is 7.48. The molecule has 1 fully saturated rings. The molecule has 1 aromatic carbocycles. The van der Waals surface area contributed by atoms with Crippen LogP contribution < -0.4 is 10.6 Å². The zero-order chi connectivity index (χ0) is 13.5. The van der Waals surface area contributed by atoms with Crippen LogP contribution in [0.5, 0.6) is 0 Å². The SMILES string of the molecule is O=C(COC1CCNCC1)NCc1ccccc1Cl. The van der Waals surface area contributed by atoms with E-state index in [-0.39, 0.29) is 18.6 Å². The topological polar surface area (TPSA) is 50.4 Å². The largest absolute Gasteiger partial charge is 0.368 e. The summed E-state index contributed by atoms with van der Waals surface area (Å²) in [6.45, 7) is 2.49. The lowest BCUT2D eigenvalue weighted by molar-refractivity contribution is -0.128. The lowest BCUT2D eigenvalue weighted by Gasteiger charge is -2.22. The molecule has 1 aromatic rings. The minimum absolute atomic E-state index is 0.0987. The van der Waals surface area contributed by atoms with Crippen molar-refractivity contribution in [1.29, 1.82) is 0 Å². The first-order chi connectivity index (χ1) is 9.25. The predicted octanol–water partition coefficient (Wildman–Crippen LogP) is 1.72. The van der Waals surface area contributed by atoms with Gasteiger partial charge >= 0.3 is 0 Å². The summed E-state index contributed by atoms with van der Waals surface area (Å²) in [7, 11) is 0. The van der Waals surface area contributed by atoms with Crippen LogP contribution in [-0.2, 0) is 16.1 Å². The monoisotopic (exact) mass is 282 g/mol. The van der Waals surface area contributed by atoms with Crippen molar-refractivity contribution in [3.63, 3.8) is 0 Å². The van der Waals surface area contributed by atoms with Gasteiger partial charge in [0.25, 0.3) is 0 Å². The minimum atomic E-state index is -0.0987. The number of hydrogen-bond donors (Lipinski definition) is 2. The van der Waals surface area contributed by atoms with Gasteiger partial charge in [-0.15, -0.1) is 0 Å². The zero-order valence-electron chi connectivity index (χ0n) is 10.8. The van der Waals surface area contributed by atoms with Gasteiger partial charge in [-0.3, -0.25) is 4.79 Å². The van der Waals surface area contributed by atoms with Crippen molar-refractivity contribution in [2.45, 2.75) is 25.5 Å². The molecule has 0 aliphatic carbocycles. The van der Waals surface area contributed by atoms with Crippen LogP contribution in [0.2, 0.25) is 5.02 Å². The Morgan fingerprint density at radius 3 is 2.84 bits per heavy atom. The van der Waals surface area contributed by atoms with Gasteiger partial charge in [0.15, 0.2) is 0 Å². The van der Waals surface area contributed by atoms with Crippen molar-refractivity contribution in [2.75, 3.05) is 19.7 Å². The molecule has 0 spiro atoms. The van der Waals surface area contributed by atoms with Crippen molar-refractivity contribution in [3.8, 4) is 0 Å². The second-order valence-electron chi connectivity index (χ2n) is 4.63. The van der Waals surface area contributed by atoms with Crippen LogP contribution in [0, 0.1) is 0 Å². The Balaban J connectivity index is 1.68. The van der Waals surface area contributed by atoms with E-state index in [2.05, 4.69) is 10.6 Å². The lowest BCUT2D eigenvalue weighted by atomic mass is 10.1. The van der Waals surface area contributed by atoms with Gasteiger partial charge in [0.2, 0.25) is 5.91 Å². The van der Waals surface area contributed by atoms with Crippen LogP contribution in [-0.4, -0.2) is 31.7 Å². The highest BCUT2D eigenvalue weighted by molar-refractivity contribution is 6.31. The summed E-state index contributed by atoms with van der Waals surface area (Å²) in [5.41, 5.74) is 0.916. The lowest BCUT2D eigenvalue weighted by Crippen LogP contribution is -2.35. The molecule has 1 aliphatic rings. The molecule has 19 heavy (non-hydrogen) atoms. The van der Waals surface area contributed by atoms with Crippen molar-refractivity contribution in [3.05, 3.63) is 34.9 Å². The summed E-state index contributed by atoms with van der Waals surface area (Å²) in [5.74, 6) is -0.0987. The molecule has 0 unspecified atom stereocenters. The predicted molar refractivity (Wildman–Crippen MR) is 75.1 cm³/mol. The van der Waals surface area contributed by atoms with Gasteiger partial charge in [-0.2, -0.15) is 0 Å². The molecule has 0 saturated carbocycles.